The van der Waals surface area contributed by atoms with Gasteiger partial charge >= 0.3 is 0 Å². The Bertz CT molecular complexity index is 64.3. The van der Waals surface area contributed by atoms with Gasteiger partial charge in [0, 0.05) is 13.1 Å². The molecule has 0 aromatic rings. The lowest BCUT2D eigenvalue weighted by molar-refractivity contribution is 0.480. The van der Waals surface area contributed by atoms with E-state index in [1.165, 1.54) is 12.8 Å². The van der Waals surface area contributed by atoms with Crippen molar-refractivity contribution in [1.82, 2.24) is 5.32 Å². The molecule has 0 amide bonds. The zero-order valence-corrected chi connectivity index (χ0v) is 7.19. The summed E-state index contributed by atoms with van der Waals surface area (Å²) < 4.78 is 0. The van der Waals surface area contributed by atoms with Crippen molar-refractivity contribution in [2.75, 3.05) is 19.6 Å². The van der Waals surface area contributed by atoms with Gasteiger partial charge in [-0.2, -0.15) is 0 Å². The van der Waals surface area contributed by atoms with E-state index in [-0.39, 0.29) is 0 Å². The van der Waals surface area contributed by atoms with Gasteiger partial charge in [0.05, 0.1) is 0 Å². The minimum atomic E-state index is 0.749. The lowest BCUT2D eigenvalue weighted by atomic mass is 10.1. The second kappa shape index (κ2) is 7.03. The molecule has 0 unspecified atom stereocenters. The van der Waals surface area contributed by atoms with Crippen molar-refractivity contribution in [3.63, 3.8) is 0 Å². The van der Waals surface area contributed by atoms with Crippen LogP contribution in [0.1, 0.15) is 26.7 Å². The molecule has 0 bridgehead atoms. The third kappa shape index (κ3) is 6.05. The molecule has 2 heteroatoms. The fraction of sp³-hybridized carbons (Fsp3) is 1.00. The normalized spacial score (nSPS) is 13.5. The van der Waals surface area contributed by atoms with Gasteiger partial charge in [0.2, 0.25) is 0 Å². The minimum absolute atomic E-state index is 0.749. The van der Waals surface area contributed by atoms with E-state index >= 15 is 0 Å². The van der Waals surface area contributed by atoms with Crippen molar-refractivity contribution in [3.8, 4) is 0 Å². The molecule has 0 fully saturated rings. The number of rotatable bonds is 6. The Hall–Kier alpha value is -0.0800. The molecule has 0 aromatic carbocycles. The van der Waals surface area contributed by atoms with Gasteiger partial charge in [-0.3, -0.25) is 0 Å². The van der Waals surface area contributed by atoms with Gasteiger partial charge in [0.15, 0.2) is 0 Å². The van der Waals surface area contributed by atoms with E-state index in [9.17, 15) is 0 Å². The van der Waals surface area contributed by atoms with Crippen LogP contribution in [-0.4, -0.2) is 19.6 Å². The highest BCUT2D eigenvalue weighted by atomic mass is 14.9. The van der Waals surface area contributed by atoms with Crippen LogP contribution in [-0.2, 0) is 0 Å². The van der Waals surface area contributed by atoms with Gasteiger partial charge in [0.1, 0.15) is 0 Å². The van der Waals surface area contributed by atoms with Gasteiger partial charge < -0.3 is 11.1 Å². The lowest BCUT2D eigenvalue weighted by Crippen LogP contribution is -2.26. The van der Waals surface area contributed by atoms with E-state index in [0.717, 1.165) is 25.6 Å². The first kappa shape index (κ1) is 9.92. The SMILES string of the molecule is CCC[C@H](C)CNCCN. The Morgan fingerprint density at radius 3 is 2.70 bits per heavy atom. The highest BCUT2D eigenvalue weighted by Gasteiger charge is 1.97. The molecule has 0 aliphatic carbocycles. The van der Waals surface area contributed by atoms with Crippen molar-refractivity contribution in [2.24, 2.45) is 11.7 Å². The summed E-state index contributed by atoms with van der Waals surface area (Å²) in [6.45, 7) is 7.31. The maximum absolute atomic E-state index is 5.33. The van der Waals surface area contributed by atoms with Gasteiger partial charge in [0.25, 0.3) is 0 Å². The third-order valence-electron chi connectivity index (χ3n) is 1.60. The summed E-state index contributed by atoms with van der Waals surface area (Å²) >= 11 is 0. The predicted molar refractivity (Wildman–Crippen MR) is 46.0 cm³/mol. The summed E-state index contributed by atoms with van der Waals surface area (Å²) in [5.41, 5.74) is 5.33. The van der Waals surface area contributed by atoms with Crippen LogP contribution in [0.5, 0.6) is 0 Å². The average Bonchev–Trinajstić information content (AvgIpc) is 1.89. The fourth-order valence-corrected chi connectivity index (χ4v) is 1.05. The monoisotopic (exact) mass is 144 g/mol. The highest BCUT2D eigenvalue weighted by Crippen LogP contribution is 2.01. The van der Waals surface area contributed by atoms with Gasteiger partial charge in [-0.25, -0.2) is 0 Å². The van der Waals surface area contributed by atoms with Crippen molar-refractivity contribution in [3.05, 3.63) is 0 Å². The quantitative estimate of drug-likeness (QED) is 0.545. The molecule has 3 N–H and O–H groups in total. The maximum Gasteiger partial charge on any atom is 0.00746 e. The second-order valence-electron chi connectivity index (χ2n) is 2.89. The van der Waals surface area contributed by atoms with Crippen molar-refractivity contribution in [2.45, 2.75) is 26.7 Å². The van der Waals surface area contributed by atoms with E-state index in [1.54, 1.807) is 0 Å². The summed E-state index contributed by atoms with van der Waals surface area (Å²) in [5, 5.41) is 3.29. The summed E-state index contributed by atoms with van der Waals surface area (Å²) in [5.74, 6) is 0.802. The van der Waals surface area contributed by atoms with Crippen molar-refractivity contribution in [1.29, 1.82) is 0 Å². The van der Waals surface area contributed by atoms with E-state index in [4.69, 9.17) is 5.73 Å². The molecule has 1 atom stereocenters. The Morgan fingerprint density at radius 2 is 2.20 bits per heavy atom. The summed E-state index contributed by atoms with van der Waals surface area (Å²) in [7, 11) is 0. The molecule has 0 saturated carbocycles. The van der Waals surface area contributed by atoms with Gasteiger partial charge in [-0.15, -0.1) is 0 Å². The minimum Gasteiger partial charge on any atom is -0.329 e. The molecule has 0 aromatic heterocycles. The number of nitrogens with one attached hydrogen (secondary N) is 1. The molecule has 0 heterocycles. The number of hydrogen-bond acceptors (Lipinski definition) is 2. The van der Waals surface area contributed by atoms with E-state index in [1.807, 2.05) is 0 Å². The average molecular weight is 144 g/mol. The van der Waals surface area contributed by atoms with Crippen LogP contribution in [0.25, 0.3) is 0 Å². The predicted octanol–water partition coefficient (Wildman–Crippen LogP) is 0.971. The first-order chi connectivity index (χ1) is 4.81. The lowest BCUT2D eigenvalue weighted by Gasteiger charge is -2.09. The summed E-state index contributed by atoms with van der Waals surface area (Å²) in [6, 6.07) is 0. The van der Waals surface area contributed by atoms with Crippen LogP contribution < -0.4 is 11.1 Å². The van der Waals surface area contributed by atoms with E-state index in [2.05, 4.69) is 19.2 Å². The Kier molecular flexibility index (Phi) is 6.98. The van der Waals surface area contributed by atoms with Crippen LogP contribution in [0.3, 0.4) is 0 Å². The topological polar surface area (TPSA) is 38.0 Å². The maximum atomic E-state index is 5.33. The largest absolute Gasteiger partial charge is 0.329 e. The zero-order chi connectivity index (χ0) is 7.82. The molecule has 62 valence electrons. The smallest absolute Gasteiger partial charge is 0.00746 e. The molecule has 0 saturated heterocycles. The second-order valence-corrected chi connectivity index (χ2v) is 2.89. The van der Waals surface area contributed by atoms with Crippen LogP contribution >= 0.6 is 0 Å². The molecule has 10 heavy (non-hydrogen) atoms. The van der Waals surface area contributed by atoms with Crippen LogP contribution in [0.4, 0.5) is 0 Å². The van der Waals surface area contributed by atoms with Crippen LogP contribution in [0.2, 0.25) is 0 Å². The van der Waals surface area contributed by atoms with Gasteiger partial charge in [-0.1, -0.05) is 20.3 Å². The highest BCUT2D eigenvalue weighted by molar-refractivity contribution is 4.55. The molecule has 0 rings (SSSR count). The Balaban J connectivity index is 2.97. The Labute approximate surface area is 64.2 Å². The van der Waals surface area contributed by atoms with Gasteiger partial charge in [-0.05, 0) is 18.9 Å². The van der Waals surface area contributed by atoms with Crippen molar-refractivity contribution < 1.29 is 0 Å². The molecule has 2 nitrogen and oxygen atoms in total. The van der Waals surface area contributed by atoms with E-state index < -0.39 is 0 Å². The van der Waals surface area contributed by atoms with Crippen LogP contribution in [0, 0.1) is 5.92 Å². The number of nitrogens with two attached hydrogens (primary N) is 1. The molecular weight excluding hydrogens is 124 g/mol. The zero-order valence-electron chi connectivity index (χ0n) is 7.19. The summed E-state index contributed by atoms with van der Waals surface area (Å²) in [6.07, 6.45) is 2.60. The molecule has 0 aliphatic heterocycles. The first-order valence-electron chi connectivity index (χ1n) is 4.22. The Morgan fingerprint density at radius 1 is 1.50 bits per heavy atom. The third-order valence-corrected chi connectivity index (χ3v) is 1.60. The van der Waals surface area contributed by atoms with E-state index in [0.29, 0.717) is 0 Å². The molecule has 0 aliphatic rings. The first-order valence-corrected chi connectivity index (χ1v) is 4.22. The standard InChI is InChI=1S/C8H20N2/c1-3-4-8(2)7-10-6-5-9/h8,10H,3-7,9H2,1-2H3/t8-/m0/s1. The van der Waals surface area contributed by atoms with Crippen LogP contribution in [0.15, 0.2) is 0 Å². The van der Waals surface area contributed by atoms with Crippen molar-refractivity contribution >= 4 is 0 Å². The molecular formula is C8H20N2. The summed E-state index contributed by atoms with van der Waals surface area (Å²) in [4.78, 5) is 0. The molecule has 0 spiro atoms. The molecule has 0 radical (unpaired) electrons. The fourth-order valence-electron chi connectivity index (χ4n) is 1.05. The number of hydrogen-bond donors (Lipinski definition) is 2.